The molecule has 2 atom stereocenters. The topological polar surface area (TPSA) is 72.9 Å². The molecular formula is C32H29N3O3. The summed E-state index contributed by atoms with van der Waals surface area (Å²) in [6.45, 7) is 1.17. The van der Waals surface area contributed by atoms with Crippen molar-refractivity contribution < 1.29 is 14.7 Å². The lowest BCUT2D eigenvalue weighted by Gasteiger charge is -2.26. The van der Waals surface area contributed by atoms with Gasteiger partial charge in [-0.15, -0.1) is 0 Å². The zero-order chi connectivity index (χ0) is 26.1. The molecule has 4 aromatic carbocycles. The van der Waals surface area contributed by atoms with Crippen molar-refractivity contribution in [1.82, 2.24) is 0 Å². The first-order valence-electron chi connectivity index (χ1n) is 13.0. The van der Waals surface area contributed by atoms with Gasteiger partial charge in [-0.25, -0.2) is 0 Å². The third kappa shape index (κ3) is 4.55. The maximum Gasteiger partial charge on any atom is 0.258 e. The normalized spacial score (nSPS) is 18.3. The molecule has 0 aromatic heterocycles. The number of hydrogen-bond donors (Lipinski definition) is 2. The standard InChI is InChI=1S/C32H29N3O3/c36-26-20-25-18-19-34(29-12-6-7-13-30(29)35(25)21-26)32(38)23-14-16-24(17-15-23)33-31(37)28-11-5-4-10-27(28)22-8-2-1-3-9-22/h1-17,25-26,36H,18-21H2,(H,33,37)/t25-,26-/m0/s1. The number of para-hydroxylation sites is 2. The number of anilines is 3. The molecule has 6 rings (SSSR count). The number of nitrogens with zero attached hydrogens (tertiary/aromatic N) is 2. The fourth-order valence-electron chi connectivity index (χ4n) is 5.61. The summed E-state index contributed by atoms with van der Waals surface area (Å²) in [7, 11) is 0. The zero-order valence-corrected chi connectivity index (χ0v) is 21.0. The van der Waals surface area contributed by atoms with Crippen LogP contribution in [0.5, 0.6) is 0 Å². The molecule has 0 saturated carbocycles. The van der Waals surface area contributed by atoms with Crippen LogP contribution in [0.3, 0.4) is 0 Å². The molecule has 4 aromatic rings. The summed E-state index contributed by atoms with van der Waals surface area (Å²) in [5.74, 6) is -0.278. The summed E-state index contributed by atoms with van der Waals surface area (Å²) in [6, 6.07) is 32.6. The van der Waals surface area contributed by atoms with Gasteiger partial charge in [0, 0.05) is 35.9 Å². The smallest absolute Gasteiger partial charge is 0.258 e. The van der Waals surface area contributed by atoms with Gasteiger partial charge in [0.05, 0.1) is 17.5 Å². The fraction of sp³-hybridized carbons (Fsp3) is 0.188. The van der Waals surface area contributed by atoms with Gasteiger partial charge >= 0.3 is 0 Å². The molecule has 6 heteroatoms. The van der Waals surface area contributed by atoms with E-state index in [-0.39, 0.29) is 24.0 Å². The molecule has 1 fully saturated rings. The van der Waals surface area contributed by atoms with Crippen LogP contribution in [0, 0.1) is 0 Å². The Labute approximate surface area is 222 Å². The van der Waals surface area contributed by atoms with Crippen LogP contribution in [0.4, 0.5) is 17.1 Å². The van der Waals surface area contributed by atoms with Crippen LogP contribution < -0.4 is 15.1 Å². The minimum absolute atomic E-state index is 0.0773. The monoisotopic (exact) mass is 503 g/mol. The van der Waals surface area contributed by atoms with Gasteiger partial charge in [0.15, 0.2) is 0 Å². The summed E-state index contributed by atoms with van der Waals surface area (Å²) in [6.07, 6.45) is 1.18. The Bertz CT molecular complexity index is 1470. The first kappa shape index (κ1) is 23.9. The van der Waals surface area contributed by atoms with Gasteiger partial charge in [0.25, 0.3) is 11.8 Å². The molecule has 2 aliphatic heterocycles. The first-order chi connectivity index (χ1) is 18.6. The third-order valence-electron chi connectivity index (χ3n) is 7.45. The molecule has 2 heterocycles. The van der Waals surface area contributed by atoms with Crippen LogP contribution in [-0.2, 0) is 0 Å². The van der Waals surface area contributed by atoms with Crippen molar-refractivity contribution >= 4 is 28.9 Å². The Hall–Kier alpha value is -4.42. The lowest BCUT2D eigenvalue weighted by molar-refractivity contribution is 0.0985. The predicted molar refractivity (Wildman–Crippen MR) is 151 cm³/mol. The molecule has 6 nitrogen and oxygen atoms in total. The number of nitrogens with one attached hydrogen (secondary N) is 1. The average Bonchev–Trinajstić information content (AvgIpc) is 3.27. The van der Waals surface area contributed by atoms with Crippen molar-refractivity contribution in [2.24, 2.45) is 0 Å². The van der Waals surface area contributed by atoms with Crippen LogP contribution in [0.2, 0.25) is 0 Å². The Morgan fingerprint density at radius 2 is 1.47 bits per heavy atom. The molecule has 190 valence electrons. The highest BCUT2D eigenvalue weighted by atomic mass is 16.3. The highest BCUT2D eigenvalue weighted by Crippen LogP contribution is 2.39. The summed E-state index contributed by atoms with van der Waals surface area (Å²) < 4.78 is 0. The quantitative estimate of drug-likeness (QED) is 0.381. The molecule has 0 radical (unpaired) electrons. The van der Waals surface area contributed by atoms with E-state index < -0.39 is 0 Å². The molecule has 1 saturated heterocycles. The lowest BCUT2D eigenvalue weighted by atomic mass is 9.99. The molecule has 2 N–H and O–H groups in total. The van der Waals surface area contributed by atoms with Gasteiger partial charge < -0.3 is 20.2 Å². The Balaban J connectivity index is 1.21. The van der Waals surface area contributed by atoms with Crippen LogP contribution in [0.25, 0.3) is 11.1 Å². The van der Waals surface area contributed by atoms with E-state index in [1.807, 2.05) is 83.8 Å². The number of fused-ring (bicyclic) bond motifs is 3. The second kappa shape index (κ2) is 10.1. The Morgan fingerprint density at radius 1 is 0.789 bits per heavy atom. The van der Waals surface area contributed by atoms with Gasteiger partial charge in [-0.2, -0.15) is 0 Å². The molecule has 0 aliphatic carbocycles. The van der Waals surface area contributed by atoms with Crippen molar-refractivity contribution in [3.63, 3.8) is 0 Å². The number of amides is 2. The number of aliphatic hydroxyl groups is 1. The van der Waals surface area contributed by atoms with Crippen molar-refractivity contribution in [3.8, 4) is 11.1 Å². The number of carbonyl (C=O) groups excluding carboxylic acids is 2. The number of rotatable bonds is 4. The van der Waals surface area contributed by atoms with E-state index in [1.165, 1.54) is 0 Å². The largest absolute Gasteiger partial charge is 0.391 e. The minimum Gasteiger partial charge on any atom is -0.391 e. The minimum atomic E-state index is -0.335. The maximum absolute atomic E-state index is 13.6. The van der Waals surface area contributed by atoms with E-state index in [0.29, 0.717) is 29.9 Å². The second-order valence-electron chi connectivity index (χ2n) is 9.87. The highest BCUT2D eigenvalue weighted by molar-refractivity contribution is 6.10. The second-order valence-corrected chi connectivity index (χ2v) is 9.87. The van der Waals surface area contributed by atoms with Gasteiger partial charge in [0.2, 0.25) is 0 Å². The fourth-order valence-corrected chi connectivity index (χ4v) is 5.61. The molecule has 2 amide bonds. The average molecular weight is 504 g/mol. The summed E-state index contributed by atoms with van der Waals surface area (Å²) in [5, 5.41) is 13.2. The van der Waals surface area contributed by atoms with E-state index in [4.69, 9.17) is 0 Å². The van der Waals surface area contributed by atoms with E-state index in [0.717, 1.165) is 35.3 Å². The van der Waals surface area contributed by atoms with Crippen LogP contribution in [0.1, 0.15) is 33.6 Å². The Morgan fingerprint density at radius 3 is 2.26 bits per heavy atom. The van der Waals surface area contributed by atoms with Crippen molar-refractivity contribution in [2.45, 2.75) is 25.0 Å². The maximum atomic E-state index is 13.6. The number of carbonyl (C=O) groups is 2. The predicted octanol–water partition coefficient (Wildman–Crippen LogP) is 5.60. The van der Waals surface area contributed by atoms with Crippen LogP contribution in [-0.4, -0.2) is 42.2 Å². The number of hydrogen-bond acceptors (Lipinski definition) is 4. The first-order valence-corrected chi connectivity index (χ1v) is 13.0. The summed E-state index contributed by atoms with van der Waals surface area (Å²) in [4.78, 5) is 30.9. The summed E-state index contributed by atoms with van der Waals surface area (Å²) in [5.41, 5.74) is 5.47. The van der Waals surface area contributed by atoms with Gasteiger partial charge in [0.1, 0.15) is 0 Å². The van der Waals surface area contributed by atoms with Crippen LogP contribution >= 0.6 is 0 Å². The van der Waals surface area contributed by atoms with Crippen molar-refractivity contribution in [1.29, 1.82) is 0 Å². The molecule has 0 spiro atoms. The SMILES string of the molecule is O=C(Nc1ccc(C(=O)N2CC[C@H]3C[C@H](O)CN3c3ccccc32)cc1)c1ccccc1-c1ccccc1. The van der Waals surface area contributed by atoms with Gasteiger partial charge in [-0.05, 0) is 66.4 Å². The molecule has 38 heavy (non-hydrogen) atoms. The van der Waals surface area contributed by atoms with E-state index in [9.17, 15) is 14.7 Å². The van der Waals surface area contributed by atoms with Crippen molar-refractivity contribution in [3.05, 3.63) is 114 Å². The lowest BCUT2D eigenvalue weighted by Crippen LogP contribution is -2.32. The molecule has 2 aliphatic rings. The van der Waals surface area contributed by atoms with E-state index in [2.05, 4.69) is 10.2 Å². The molecule has 0 unspecified atom stereocenters. The molecule has 0 bridgehead atoms. The van der Waals surface area contributed by atoms with Gasteiger partial charge in [-0.3, -0.25) is 9.59 Å². The van der Waals surface area contributed by atoms with E-state index in [1.54, 1.807) is 24.3 Å². The van der Waals surface area contributed by atoms with Crippen molar-refractivity contribution in [2.75, 3.05) is 28.2 Å². The van der Waals surface area contributed by atoms with Gasteiger partial charge in [-0.1, -0.05) is 60.7 Å². The van der Waals surface area contributed by atoms with E-state index >= 15 is 0 Å². The highest BCUT2D eigenvalue weighted by Gasteiger charge is 2.36. The molecular weight excluding hydrogens is 474 g/mol. The third-order valence-corrected chi connectivity index (χ3v) is 7.45. The van der Waals surface area contributed by atoms with Crippen LogP contribution in [0.15, 0.2) is 103 Å². The zero-order valence-electron chi connectivity index (χ0n) is 21.0. The number of aliphatic hydroxyl groups excluding tert-OH is 1. The summed E-state index contributed by atoms with van der Waals surface area (Å²) >= 11 is 0. The Kier molecular flexibility index (Phi) is 6.40. The number of benzene rings is 4.